The Morgan fingerprint density at radius 2 is 1.70 bits per heavy atom. The molecule has 4 nitrogen and oxygen atoms in total. The van der Waals surface area contributed by atoms with Gasteiger partial charge in [-0.2, -0.15) is 0 Å². The van der Waals surface area contributed by atoms with Crippen molar-refractivity contribution < 1.29 is 9.18 Å². The lowest BCUT2D eigenvalue weighted by Gasteiger charge is -2.12. The summed E-state index contributed by atoms with van der Waals surface area (Å²) in [4.78, 5) is 17.3. The van der Waals surface area contributed by atoms with Crippen LogP contribution in [0.15, 0.2) is 72.8 Å². The predicted molar refractivity (Wildman–Crippen MR) is 118 cm³/mol. The second-order valence-corrected chi connectivity index (χ2v) is 7.27. The highest BCUT2D eigenvalue weighted by molar-refractivity contribution is 5.93. The number of nitrogens with zero attached hydrogens (tertiary/aromatic N) is 2. The number of benzene rings is 3. The highest BCUT2D eigenvalue weighted by Gasteiger charge is 2.12. The lowest BCUT2D eigenvalue weighted by molar-refractivity contribution is -0.115. The highest BCUT2D eigenvalue weighted by atomic mass is 19.1. The summed E-state index contributed by atoms with van der Waals surface area (Å²) in [5.74, 6) is 0.628. The molecule has 0 unspecified atom stereocenters. The van der Waals surface area contributed by atoms with Crippen LogP contribution in [0, 0.1) is 5.82 Å². The first kappa shape index (κ1) is 19.8. The fourth-order valence-electron chi connectivity index (χ4n) is 3.76. The zero-order valence-electron chi connectivity index (χ0n) is 16.9. The molecule has 0 saturated carbocycles. The van der Waals surface area contributed by atoms with Gasteiger partial charge in [-0.1, -0.05) is 42.5 Å². The summed E-state index contributed by atoms with van der Waals surface area (Å²) in [5, 5.41) is 3.01. The number of amides is 1. The fraction of sp³-hybridized carbons (Fsp3) is 0.200. The van der Waals surface area contributed by atoms with Crippen LogP contribution in [0.5, 0.6) is 0 Å². The average molecular weight is 401 g/mol. The number of hydrogen-bond acceptors (Lipinski definition) is 2. The second kappa shape index (κ2) is 8.91. The Labute approximate surface area is 175 Å². The summed E-state index contributed by atoms with van der Waals surface area (Å²) in [6.07, 6.45) is 1.77. The molecule has 0 bridgehead atoms. The first-order chi connectivity index (χ1) is 14.6. The van der Waals surface area contributed by atoms with Gasteiger partial charge in [-0.05, 0) is 54.8 Å². The third kappa shape index (κ3) is 4.40. The molecule has 0 radical (unpaired) electrons. The van der Waals surface area contributed by atoms with Gasteiger partial charge in [0, 0.05) is 18.7 Å². The molecule has 1 aromatic heterocycles. The van der Waals surface area contributed by atoms with Crippen LogP contribution in [0.1, 0.15) is 23.9 Å². The van der Waals surface area contributed by atoms with E-state index in [0.29, 0.717) is 0 Å². The van der Waals surface area contributed by atoms with Crippen molar-refractivity contribution in [1.82, 2.24) is 9.55 Å². The first-order valence-corrected chi connectivity index (χ1v) is 10.2. The molecule has 4 aromatic rings. The average Bonchev–Trinajstić information content (AvgIpc) is 3.12. The number of aromatic nitrogens is 2. The molecule has 4 rings (SSSR count). The molecule has 0 aliphatic rings. The molecule has 0 aliphatic heterocycles. The van der Waals surface area contributed by atoms with E-state index in [1.807, 2.05) is 42.5 Å². The largest absolute Gasteiger partial charge is 0.328 e. The van der Waals surface area contributed by atoms with Crippen LogP contribution in [0.3, 0.4) is 0 Å². The molecule has 0 spiro atoms. The number of halogens is 1. The lowest BCUT2D eigenvalue weighted by atomic mass is 10.1. The van der Waals surface area contributed by atoms with E-state index in [-0.39, 0.29) is 18.1 Å². The zero-order chi connectivity index (χ0) is 20.9. The number of carbonyl (C=O) groups excluding carboxylic acids is 1. The standard InChI is InChI=1S/C25H24FN3O/c1-2-29-23-10-6-5-9-22(23)27-24(29)16-13-19-7-3-4-8-21(19)28-25(30)17-18-11-14-20(26)15-12-18/h3-12,14-15H,2,13,16-17H2,1H3,(H,28,30). The van der Waals surface area contributed by atoms with Crippen molar-refractivity contribution in [2.45, 2.75) is 32.7 Å². The van der Waals surface area contributed by atoms with E-state index in [1.165, 1.54) is 12.1 Å². The Balaban J connectivity index is 1.47. The van der Waals surface area contributed by atoms with Crippen LogP contribution >= 0.6 is 0 Å². The van der Waals surface area contributed by atoms with Crippen LogP contribution in [0.25, 0.3) is 11.0 Å². The van der Waals surface area contributed by atoms with Crippen molar-refractivity contribution in [3.63, 3.8) is 0 Å². The number of carbonyl (C=O) groups is 1. The molecular weight excluding hydrogens is 377 g/mol. The Kier molecular flexibility index (Phi) is 5.89. The van der Waals surface area contributed by atoms with Gasteiger partial charge in [-0.15, -0.1) is 0 Å². The molecule has 0 aliphatic carbocycles. The number of rotatable bonds is 7. The minimum absolute atomic E-state index is 0.116. The Morgan fingerprint density at radius 3 is 2.50 bits per heavy atom. The second-order valence-electron chi connectivity index (χ2n) is 7.27. The van der Waals surface area contributed by atoms with Gasteiger partial charge in [0.2, 0.25) is 5.91 Å². The summed E-state index contributed by atoms with van der Waals surface area (Å²) in [6.45, 7) is 2.99. The molecule has 1 amide bonds. The van der Waals surface area contributed by atoms with Crippen molar-refractivity contribution in [3.8, 4) is 0 Å². The maximum absolute atomic E-state index is 13.1. The first-order valence-electron chi connectivity index (χ1n) is 10.2. The third-order valence-corrected chi connectivity index (χ3v) is 5.24. The monoisotopic (exact) mass is 401 g/mol. The minimum Gasteiger partial charge on any atom is -0.328 e. The molecule has 0 atom stereocenters. The maximum Gasteiger partial charge on any atom is 0.228 e. The number of imidazole rings is 1. The van der Waals surface area contributed by atoms with Gasteiger partial charge in [0.1, 0.15) is 11.6 Å². The Morgan fingerprint density at radius 1 is 0.967 bits per heavy atom. The molecule has 1 heterocycles. The van der Waals surface area contributed by atoms with Gasteiger partial charge in [-0.3, -0.25) is 4.79 Å². The number of hydrogen-bond donors (Lipinski definition) is 1. The van der Waals surface area contributed by atoms with Crippen molar-refractivity contribution in [3.05, 3.63) is 95.6 Å². The lowest BCUT2D eigenvalue weighted by Crippen LogP contribution is -2.16. The van der Waals surface area contributed by atoms with Gasteiger partial charge >= 0.3 is 0 Å². The van der Waals surface area contributed by atoms with E-state index < -0.39 is 0 Å². The smallest absolute Gasteiger partial charge is 0.228 e. The van der Waals surface area contributed by atoms with Crippen molar-refractivity contribution in [1.29, 1.82) is 0 Å². The van der Waals surface area contributed by atoms with Gasteiger partial charge in [0.25, 0.3) is 0 Å². The van der Waals surface area contributed by atoms with E-state index in [1.54, 1.807) is 12.1 Å². The molecule has 0 saturated heterocycles. The van der Waals surface area contributed by atoms with Crippen LogP contribution < -0.4 is 5.32 Å². The van der Waals surface area contributed by atoms with E-state index in [0.717, 1.165) is 53.1 Å². The van der Waals surface area contributed by atoms with Gasteiger partial charge in [-0.25, -0.2) is 9.37 Å². The topological polar surface area (TPSA) is 46.9 Å². The van der Waals surface area contributed by atoms with Crippen LogP contribution in [-0.4, -0.2) is 15.5 Å². The normalized spacial score (nSPS) is 11.0. The number of para-hydroxylation sites is 3. The fourth-order valence-corrected chi connectivity index (χ4v) is 3.76. The Bertz CT molecular complexity index is 1160. The van der Waals surface area contributed by atoms with E-state index in [2.05, 4.69) is 22.9 Å². The van der Waals surface area contributed by atoms with E-state index in [4.69, 9.17) is 4.98 Å². The third-order valence-electron chi connectivity index (χ3n) is 5.24. The molecule has 152 valence electrons. The van der Waals surface area contributed by atoms with Crippen LogP contribution in [-0.2, 0) is 30.6 Å². The minimum atomic E-state index is -0.303. The molecule has 5 heteroatoms. The summed E-state index contributed by atoms with van der Waals surface area (Å²) in [6, 6.07) is 22.0. The Hall–Kier alpha value is -3.47. The van der Waals surface area contributed by atoms with Crippen molar-refractivity contribution >= 4 is 22.6 Å². The molecule has 3 aromatic carbocycles. The van der Waals surface area contributed by atoms with E-state index >= 15 is 0 Å². The maximum atomic E-state index is 13.1. The van der Waals surface area contributed by atoms with Gasteiger partial charge < -0.3 is 9.88 Å². The van der Waals surface area contributed by atoms with Crippen LogP contribution in [0.2, 0.25) is 0 Å². The predicted octanol–water partition coefficient (Wildman–Crippen LogP) is 5.16. The van der Waals surface area contributed by atoms with Gasteiger partial charge in [0.15, 0.2) is 0 Å². The summed E-state index contributed by atoms with van der Waals surface area (Å²) >= 11 is 0. The zero-order valence-corrected chi connectivity index (χ0v) is 16.9. The van der Waals surface area contributed by atoms with Crippen molar-refractivity contribution in [2.24, 2.45) is 0 Å². The SMILES string of the molecule is CCn1c(CCc2ccccc2NC(=O)Cc2ccc(F)cc2)nc2ccccc21. The summed E-state index contributed by atoms with van der Waals surface area (Å²) in [5.41, 5.74) is 4.82. The molecule has 0 fully saturated rings. The molecule has 1 N–H and O–H groups in total. The summed E-state index contributed by atoms with van der Waals surface area (Å²) in [7, 11) is 0. The van der Waals surface area contributed by atoms with Crippen molar-refractivity contribution in [2.75, 3.05) is 5.32 Å². The number of fused-ring (bicyclic) bond motifs is 1. The summed E-state index contributed by atoms with van der Waals surface area (Å²) < 4.78 is 15.3. The van der Waals surface area contributed by atoms with Gasteiger partial charge in [0.05, 0.1) is 17.5 Å². The molecule has 30 heavy (non-hydrogen) atoms. The number of aryl methyl sites for hydroxylation is 3. The van der Waals surface area contributed by atoms with Crippen LogP contribution in [0.4, 0.5) is 10.1 Å². The highest BCUT2D eigenvalue weighted by Crippen LogP contribution is 2.21. The quantitative estimate of drug-likeness (QED) is 0.465. The number of anilines is 1. The molecular formula is C25H24FN3O. The number of nitrogens with one attached hydrogen (secondary N) is 1. The van der Waals surface area contributed by atoms with E-state index in [9.17, 15) is 9.18 Å².